The van der Waals surface area contributed by atoms with Crippen molar-refractivity contribution < 1.29 is 9.59 Å². The summed E-state index contributed by atoms with van der Waals surface area (Å²) in [5.41, 5.74) is 3.01. The van der Waals surface area contributed by atoms with Gasteiger partial charge in [-0.05, 0) is 37.1 Å². The van der Waals surface area contributed by atoms with E-state index in [0.717, 1.165) is 17.6 Å². The first-order valence-corrected chi connectivity index (χ1v) is 7.84. The Hall–Kier alpha value is -2.95. The van der Waals surface area contributed by atoms with Crippen molar-refractivity contribution in [3.05, 3.63) is 71.6 Å². The number of nitrogens with one attached hydrogen (secondary N) is 2. The van der Waals surface area contributed by atoms with Crippen LogP contribution in [-0.2, 0) is 11.3 Å². The second-order valence-electron chi connectivity index (χ2n) is 5.42. The lowest BCUT2D eigenvalue weighted by atomic mass is 10.1. The van der Waals surface area contributed by atoms with Gasteiger partial charge < -0.3 is 10.6 Å². The van der Waals surface area contributed by atoms with Gasteiger partial charge in [0.2, 0.25) is 5.91 Å². The first kappa shape index (κ1) is 17.4. The average Bonchev–Trinajstić information content (AvgIpc) is 2.61. The van der Waals surface area contributed by atoms with Crippen LogP contribution in [0.15, 0.2) is 60.4 Å². The monoisotopic (exact) mass is 323 g/mol. The average molecular weight is 323 g/mol. The predicted octanol–water partition coefficient (Wildman–Crippen LogP) is 3.31. The summed E-state index contributed by atoms with van der Waals surface area (Å²) in [6.45, 7) is 4.26. The lowest BCUT2D eigenvalue weighted by Gasteiger charge is -2.11. The molecule has 0 saturated heterocycles. The molecule has 5 heteroatoms. The zero-order valence-electron chi connectivity index (χ0n) is 13.9. The lowest BCUT2D eigenvalue weighted by Crippen LogP contribution is -2.22. The van der Waals surface area contributed by atoms with Gasteiger partial charge in [-0.1, -0.05) is 30.7 Å². The highest BCUT2D eigenvalue weighted by atomic mass is 16.2. The summed E-state index contributed by atoms with van der Waals surface area (Å²) in [4.78, 5) is 28.0. The molecule has 124 valence electrons. The molecule has 0 fully saturated rings. The maximum Gasteiger partial charge on any atom is 0.257 e. The van der Waals surface area contributed by atoms with E-state index in [0.29, 0.717) is 17.8 Å². The SMILES string of the molecule is CC/C(C)=C/C(=O)NCc1ccccc1NC(=O)c1cccnc1. The van der Waals surface area contributed by atoms with E-state index < -0.39 is 0 Å². The summed E-state index contributed by atoms with van der Waals surface area (Å²) in [6, 6.07) is 10.8. The van der Waals surface area contributed by atoms with E-state index in [1.807, 2.05) is 38.1 Å². The van der Waals surface area contributed by atoms with E-state index in [1.165, 1.54) is 6.20 Å². The molecular weight excluding hydrogens is 302 g/mol. The highest BCUT2D eigenvalue weighted by Crippen LogP contribution is 2.16. The molecule has 0 aliphatic heterocycles. The Morgan fingerprint density at radius 1 is 1.17 bits per heavy atom. The van der Waals surface area contributed by atoms with Gasteiger partial charge in [0.25, 0.3) is 5.91 Å². The highest BCUT2D eigenvalue weighted by molar-refractivity contribution is 6.04. The number of nitrogens with zero attached hydrogens (tertiary/aromatic N) is 1. The molecule has 0 unspecified atom stereocenters. The van der Waals surface area contributed by atoms with E-state index in [-0.39, 0.29) is 11.8 Å². The molecule has 1 heterocycles. The van der Waals surface area contributed by atoms with Crippen molar-refractivity contribution in [2.75, 3.05) is 5.32 Å². The number of hydrogen-bond acceptors (Lipinski definition) is 3. The summed E-state index contributed by atoms with van der Waals surface area (Å²) in [6.07, 6.45) is 5.56. The second-order valence-corrected chi connectivity index (χ2v) is 5.42. The number of aromatic nitrogens is 1. The van der Waals surface area contributed by atoms with E-state index in [1.54, 1.807) is 24.4 Å². The Bertz CT molecular complexity index is 739. The number of allylic oxidation sites excluding steroid dienone is 1. The van der Waals surface area contributed by atoms with Crippen LogP contribution in [0.25, 0.3) is 0 Å². The zero-order chi connectivity index (χ0) is 17.4. The Kier molecular flexibility index (Phi) is 6.25. The maximum atomic E-state index is 12.2. The zero-order valence-corrected chi connectivity index (χ0v) is 13.9. The van der Waals surface area contributed by atoms with Crippen LogP contribution in [0.4, 0.5) is 5.69 Å². The third kappa shape index (κ3) is 5.05. The first-order chi connectivity index (χ1) is 11.6. The molecule has 2 amide bonds. The smallest absolute Gasteiger partial charge is 0.257 e. The third-order valence-electron chi connectivity index (χ3n) is 3.58. The summed E-state index contributed by atoms with van der Waals surface area (Å²) >= 11 is 0. The van der Waals surface area contributed by atoms with Crippen LogP contribution in [0.5, 0.6) is 0 Å². The van der Waals surface area contributed by atoms with Gasteiger partial charge in [-0.2, -0.15) is 0 Å². The van der Waals surface area contributed by atoms with E-state index in [2.05, 4.69) is 15.6 Å². The van der Waals surface area contributed by atoms with Crippen LogP contribution in [0, 0.1) is 0 Å². The Morgan fingerprint density at radius 3 is 2.67 bits per heavy atom. The van der Waals surface area contributed by atoms with Gasteiger partial charge in [0, 0.05) is 30.7 Å². The van der Waals surface area contributed by atoms with Crippen molar-refractivity contribution in [3.63, 3.8) is 0 Å². The fraction of sp³-hybridized carbons (Fsp3) is 0.211. The van der Waals surface area contributed by atoms with Gasteiger partial charge in [-0.25, -0.2) is 0 Å². The number of benzene rings is 1. The van der Waals surface area contributed by atoms with Gasteiger partial charge in [0.1, 0.15) is 0 Å². The van der Waals surface area contributed by atoms with Crippen molar-refractivity contribution in [2.45, 2.75) is 26.8 Å². The van der Waals surface area contributed by atoms with Crippen molar-refractivity contribution in [3.8, 4) is 0 Å². The lowest BCUT2D eigenvalue weighted by molar-refractivity contribution is -0.116. The number of rotatable bonds is 6. The van der Waals surface area contributed by atoms with E-state index >= 15 is 0 Å². The molecule has 2 rings (SSSR count). The molecule has 0 radical (unpaired) electrons. The van der Waals surface area contributed by atoms with Crippen molar-refractivity contribution in [1.29, 1.82) is 0 Å². The first-order valence-electron chi connectivity index (χ1n) is 7.84. The van der Waals surface area contributed by atoms with Crippen LogP contribution in [0.1, 0.15) is 36.2 Å². The van der Waals surface area contributed by atoms with Gasteiger partial charge in [0.15, 0.2) is 0 Å². The molecule has 0 saturated carbocycles. The molecule has 0 aliphatic carbocycles. The summed E-state index contributed by atoms with van der Waals surface area (Å²) in [7, 11) is 0. The Morgan fingerprint density at radius 2 is 1.96 bits per heavy atom. The quantitative estimate of drug-likeness (QED) is 0.801. The molecule has 5 nitrogen and oxygen atoms in total. The summed E-state index contributed by atoms with van der Waals surface area (Å²) < 4.78 is 0. The fourth-order valence-corrected chi connectivity index (χ4v) is 2.05. The van der Waals surface area contributed by atoms with Gasteiger partial charge in [0.05, 0.1) is 5.56 Å². The molecule has 0 bridgehead atoms. The number of anilines is 1. The molecule has 2 aromatic rings. The van der Waals surface area contributed by atoms with Crippen LogP contribution in [0.3, 0.4) is 0 Å². The molecule has 24 heavy (non-hydrogen) atoms. The fourth-order valence-electron chi connectivity index (χ4n) is 2.05. The molecule has 2 N–H and O–H groups in total. The van der Waals surface area contributed by atoms with E-state index in [9.17, 15) is 9.59 Å². The van der Waals surface area contributed by atoms with Gasteiger partial charge in [-0.15, -0.1) is 0 Å². The molecule has 0 atom stereocenters. The second kappa shape index (κ2) is 8.62. The maximum absolute atomic E-state index is 12.2. The number of para-hydroxylation sites is 1. The largest absolute Gasteiger partial charge is 0.348 e. The number of hydrogen-bond donors (Lipinski definition) is 2. The Balaban J connectivity index is 2.05. The van der Waals surface area contributed by atoms with Gasteiger partial charge >= 0.3 is 0 Å². The standard InChI is InChI=1S/C19H21N3O2/c1-3-14(2)11-18(23)21-13-15-7-4-5-9-17(15)22-19(24)16-8-6-10-20-12-16/h4-12H,3,13H2,1-2H3,(H,21,23)(H,22,24)/b14-11+. The molecule has 0 aliphatic rings. The summed E-state index contributed by atoms with van der Waals surface area (Å²) in [5.74, 6) is -0.369. The minimum absolute atomic E-state index is 0.136. The van der Waals surface area contributed by atoms with Crippen LogP contribution >= 0.6 is 0 Å². The number of carbonyl (C=O) groups excluding carboxylic acids is 2. The normalized spacial score (nSPS) is 11.0. The third-order valence-corrected chi connectivity index (χ3v) is 3.58. The highest BCUT2D eigenvalue weighted by Gasteiger charge is 2.09. The molecule has 0 spiro atoms. The Labute approximate surface area is 141 Å². The predicted molar refractivity (Wildman–Crippen MR) is 94.5 cm³/mol. The molecule has 1 aromatic carbocycles. The van der Waals surface area contributed by atoms with Crippen molar-refractivity contribution in [2.24, 2.45) is 0 Å². The minimum atomic E-state index is -0.233. The number of amides is 2. The molecular formula is C19H21N3O2. The van der Waals surface area contributed by atoms with Crippen LogP contribution in [-0.4, -0.2) is 16.8 Å². The summed E-state index contributed by atoms with van der Waals surface area (Å²) in [5, 5.41) is 5.70. The number of pyridine rings is 1. The van der Waals surface area contributed by atoms with Crippen LogP contribution < -0.4 is 10.6 Å². The van der Waals surface area contributed by atoms with Crippen molar-refractivity contribution in [1.82, 2.24) is 10.3 Å². The topological polar surface area (TPSA) is 71.1 Å². The van der Waals surface area contributed by atoms with Crippen molar-refractivity contribution >= 4 is 17.5 Å². The van der Waals surface area contributed by atoms with E-state index in [4.69, 9.17) is 0 Å². The minimum Gasteiger partial charge on any atom is -0.348 e. The van der Waals surface area contributed by atoms with Gasteiger partial charge in [-0.3, -0.25) is 14.6 Å². The number of carbonyl (C=O) groups is 2. The van der Waals surface area contributed by atoms with Crippen LogP contribution in [0.2, 0.25) is 0 Å². The molecule has 1 aromatic heterocycles.